The summed E-state index contributed by atoms with van der Waals surface area (Å²) in [5, 5.41) is 2.66. The smallest absolute Gasteiger partial charge is 0.318 e. The molecule has 1 aliphatic heterocycles. The molecule has 18 heavy (non-hydrogen) atoms. The average molecular weight is 255 g/mol. The minimum absolute atomic E-state index is 0.112. The molecular weight excluding hydrogens is 240 g/mol. The summed E-state index contributed by atoms with van der Waals surface area (Å²) in [6.07, 6.45) is 0. The van der Waals surface area contributed by atoms with E-state index in [9.17, 15) is 13.6 Å². The first kappa shape index (κ1) is 12.8. The first-order valence-electron chi connectivity index (χ1n) is 5.75. The largest absolute Gasteiger partial charge is 0.329 e. The zero-order valence-corrected chi connectivity index (χ0v) is 9.99. The standard InChI is InChI=1S/C12H15F2N3O/c1-7(5-15)17-6-11(16-12(17)18)9-3-2-8(13)4-10(9)14/h2-4,7,11H,5-6,15H2,1H3,(H,16,18). The normalized spacial score (nSPS) is 21.0. The molecule has 4 nitrogen and oxygen atoms in total. The summed E-state index contributed by atoms with van der Waals surface area (Å²) >= 11 is 0. The van der Waals surface area contributed by atoms with Gasteiger partial charge in [0.15, 0.2) is 0 Å². The van der Waals surface area contributed by atoms with Gasteiger partial charge in [0, 0.05) is 30.8 Å². The van der Waals surface area contributed by atoms with E-state index in [1.165, 1.54) is 12.1 Å². The van der Waals surface area contributed by atoms with Crippen molar-refractivity contribution in [1.29, 1.82) is 0 Å². The third kappa shape index (κ3) is 2.28. The second kappa shape index (κ2) is 4.89. The molecule has 0 aromatic heterocycles. The summed E-state index contributed by atoms with van der Waals surface area (Å²) < 4.78 is 26.4. The zero-order valence-electron chi connectivity index (χ0n) is 9.99. The second-order valence-corrected chi connectivity index (χ2v) is 4.40. The molecule has 2 atom stereocenters. The molecule has 0 radical (unpaired) electrons. The lowest BCUT2D eigenvalue weighted by molar-refractivity contribution is 0.203. The molecular formula is C12H15F2N3O. The summed E-state index contributed by atoms with van der Waals surface area (Å²) in [7, 11) is 0. The van der Waals surface area contributed by atoms with E-state index in [0.717, 1.165) is 6.07 Å². The van der Waals surface area contributed by atoms with Crippen LogP contribution in [0.1, 0.15) is 18.5 Å². The van der Waals surface area contributed by atoms with E-state index in [0.29, 0.717) is 13.1 Å². The van der Waals surface area contributed by atoms with Gasteiger partial charge in [-0.15, -0.1) is 0 Å². The van der Waals surface area contributed by atoms with Crippen LogP contribution >= 0.6 is 0 Å². The van der Waals surface area contributed by atoms with Crippen molar-refractivity contribution in [3.05, 3.63) is 35.4 Å². The maximum absolute atomic E-state index is 13.6. The van der Waals surface area contributed by atoms with Crippen LogP contribution < -0.4 is 11.1 Å². The number of benzene rings is 1. The van der Waals surface area contributed by atoms with Gasteiger partial charge in [-0.05, 0) is 13.0 Å². The highest BCUT2D eigenvalue weighted by atomic mass is 19.1. The minimum Gasteiger partial charge on any atom is -0.329 e. The van der Waals surface area contributed by atoms with Gasteiger partial charge in [0.2, 0.25) is 0 Å². The average Bonchev–Trinajstić information content (AvgIpc) is 2.70. The van der Waals surface area contributed by atoms with Gasteiger partial charge < -0.3 is 16.0 Å². The molecule has 1 aromatic rings. The van der Waals surface area contributed by atoms with Crippen LogP contribution in [-0.2, 0) is 0 Å². The Hall–Kier alpha value is -1.69. The Morgan fingerprint density at radius 3 is 2.89 bits per heavy atom. The topological polar surface area (TPSA) is 58.4 Å². The van der Waals surface area contributed by atoms with Crippen molar-refractivity contribution in [3.63, 3.8) is 0 Å². The number of carbonyl (C=O) groups is 1. The Balaban J connectivity index is 2.19. The molecule has 0 bridgehead atoms. The van der Waals surface area contributed by atoms with Crippen LogP contribution in [0.25, 0.3) is 0 Å². The maximum Gasteiger partial charge on any atom is 0.318 e. The lowest BCUT2D eigenvalue weighted by Crippen LogP contribution is -2.40. The number of rotatable bonds is 3. The van der Waals surface area contributed by atoms with Crippen LogP contribution in [0.15, 0.2) is 18.2 Å². The predicted octanol–water partition coefficient (Wildman–Crippen LogP) is 1.38. The molecule has 0 saturated carbocycles. The summed E-state index contributed by atoms with van der Waals surface area (Å²) in [4.78, 5) is 13.2. The Bertz CT molecular complexity index is 467. The molecule has 1 fully saturated rings. The zero-order chi connectivity index (χ0) is 13.3. The minimum atomic E-state index is -0.650. The number of carbonyl (C=O) groups excluding carboxylic acids is 1. The molecule has 3 N–H and O–H groups in total. The van der Waals surface area contributed by atoms with Gasteiger partial charge in [0.1, 0.15) is 11.6 Å². The Kier molecular flexibility index (Phi) is 3.47. The maximum atomic E-state index is 13.6. The molecule has 1 saturated heterocycles. The molecule has 2 unspecified atom stereocenters. The number of urea groups is 1. The van der Waals surface area contributed by atoms with Crippen molar-refractivity contribution < 1.29 is 13.6 Å². The van der Waals surface area contributed by atoms with Gasteiger partial charge >= 0.3 is 6.03 Å². The number of nitrogens with two attached hydrogens (primary N) is 1. The fourth-order valence-corrected chi connectivity index (χ4v) is 2.02. The van der Waals surface area contributed by atoms with Gasteiger partial charge in [0.25, 0.3) is 0 Å². The molecule has 0 spiro atoms. The number of amides is 2. The van der Waals surface area contributed by atoms with Crippen molar-refractivity contribution >= 4 is 6.03 Å². The van der Waals surface area contributed by atoms with E-state index in [1.54, 1.807) is 4.90 Å². The third-order valence-electron chi connectivity index (χ3n) is 3.15. The van der Waals surface area contributed by atoms with Crippen LogP contribution in [0.3, 0.4) is 0 Å². The number of nitrogens with zero attached hydrogens (tertiary/aromatic N) is 1. The van der Waals surface area contributed by atoms with Gasteiger partial charge in [-0.25, -0.2) is 13.6 Å². The molecule has 1 aromatic carbocycles. The van der Waals surface area contributed by atoms with Gasteiger partial charge in [-0.3, -0.25) is 0 Å². The van der Waals surface area contributed by atoms with E-state index in [-0.39, 0.29) is 17.6 Å². The summed E-state index contributed by atoms with van der Waals surface area (Å²) in [5.41, 5.74) is 5.79. The van der Waals surface area contributed by atoms with E-state index in [2.05, 4.69) is 5.32 Å². The number of halogens is 2. The number of hydrogen-bond donors (Lipinski definition) is 2. The van der Waals surface area contributed by atoms with Crippen LogP contribution in [-0.4, -0.2) is 30.1 Å². The fourth-order valence-electron chi connectivity index (χ4n) is 2.02. The van der Waals surface area contributed by atoms with E-state index >= 15 is 0 Å². The van der Waals surface area contributed by atoms with Crippen molar-refractivity contribution in [2.24, 2.45) is 5.73 Å². The molecule has 2 amide bonds. The monoisotopic (exact) mass is 255 g/mol. The number of hydrogen-bond acceptors (Lipinski definition) is 2. The SMILES string of the molecule is CC(CN)N1CC(c2ccc(F)cc2F)NC1=O. The van der Waals surface area contributed by atoms with Gasteiger partial charge in [-0.2, -0.15) is 0 Å². The van der Waals surface area contributed by atoms with Crippen molar-refractivity contribution in [2.45, 2.75) is 19.0 Å². The summed E-state index contributed by atoms with van der Waals surface area (Å²) in [6.45, 7) is 2.49. The Morgan fingerprint density at radius 2 is 2.28 bits per heavy atom. The second-order valence-electron chi connectivity index (χ2n) is 4.40. The van der Waals surface area contributed by atoms with Gasteiger partial charge in [-0.1, -0.05) is 6.07 Å². The van der Waals surface area contributed by atoms with Crippen molar-refractivity contribution in [2.75, 3.05) is 13.1 Å². The number of nitrogens with one attached hydrogen (secondary N) is 1. The molecule has 2 rings (SSSR count). The van der Waals surface area contributed by atoms with Crippen LogP contribution in [0.2, 0.25) is 0 Å². The Labute approximate surface area is 104 Å². The van der Waals surface area contributed by atoms with Crippen LogP contribution in [0.5, 0.6) is 0 Å². The molecule has 0 aliphatic carbocycles. The fraction of sp³-hybridized carbons (Fsp3) is 0.417. The highest BCUT2D eigenvalue weighted by molar-refractivity contribution is 5.77. The third-order valence-corrected chi connectivity index (χ3v) is 3.15. The quantitative estimate of drug-likeness (QED) is 0.857. The molecule has 1 aliphatic rings. The highest BCUT2D eigenvalue weighted by Crippen LogP contribution is 2.24. The van der Waals surface area contributed by atoms with Gasteiger partial charge in [0.05, 0.1) is 6.04 Å². The van der Waals surface area contributed by atoms with E-state index in [1.807, 2.05) is 6.92 Å². The van der Waals surface area contributed by atoms with Crippen LogP contribution in [0, 0.1) is 11.6 Å². The molecule has 1 heterocycles. The van der Waals surface area contributed by atoms with Crippen LogP contribution in [0.4, 0.5) is 13.6 Å². The summed E-state index contributed by atoms with van der Waals surface area (Å²) in [5.74, 6) is -1.28. The molecule has 98 valence electrons. The first-order valence-corrected chi connectivity index (χ1v) is 5.75. The lowest BCUT2D eigenvalue weighted by Gasteiger charge is -2.21. The Morgan fingerprint density at radius 1 is 1.56 bits per heavy atom. The van der Waals surface area contributed by atoms with E-state index in [4.69, 9.17) is 5.73 Å². The summed E-state index contributed by atoms with van der Waals surface area (Å²) in [6, 6.07) is 2.50. The predicted molar refractivity (Wildman–Crippen MR) is 62.9 cm³/mol. The van der Waals surface area contributed by atoms with Crippen molar-refractivity contribution in [3.8, 4) is 0 Å². The van der Waals surface area contributed by atoms with Crippen molar-refractivity contribution in [1.82, 2.24) is 10.2 Å². The first-order chi connectivity index (χ1) is 8.52. The molecule has 6 heteroatoms. The highest BCUT2D eigenvalue weighted by Gasteiger charge is 2.33. The lowest BCUT2D eigenvalue weighted by atomic mass is 10.1. The van der Waals surface area contributed by atoms with E-state index < -0.39 is 17.7 Å².